The smallest absolute Gasteiger partial charge is 0.179 e. The molecule has 2 N–H and O–H groups in total. The standard InChI is InChI=1S/C10H13Cl2NO2S/c1-7(13)4-5-16(14,15)10-6-8(11)2-3-9(10)12/h2-3,6-7H,4-5,13H2,1H3. The van der Waals surface area contributed by atoms with Crippen LogP contribution in [-0.4, -0.2) is 20.2 Å². The minimum absolute atomic E-state index is 0.0231. The van der Waals surface area contributed by atoms with Crippen molar-refractivity contribution in [3.8, 4) is 0 Å². The van der Waals surface area contributed by atoms with Gasteiger partial charge in [0.25, 0.3) is 0 Å². The Hall–Kier alpha value is -0.290. The van der Waals surface area contributed by atoms with Gasteiger partial charge in [0.2, 0.25) is 0 Å². The molecule has 0 fully saturated rings. The second-order valence-corrected chi connectivity index (χ2v) is 6.58. The van der Waals surface area contributed by atoms with Crippen LogP contribution in [0.1, 0.15) is 13.3 Å². The van der Waals surface area contributed by atoms with E-state index in [4.69, 9.17) is 28.9 Å². The van der Waals surface area contributed by atoms with Crippen molar-refractivity contribution in [3.05, 3.63) is 28.2 Å². The SMILES string of the molecule is CC(N)CCS(=O)(=O)c1cc(Cl)ccc1Cl. The molecular formula is C10H13Cl2NO2S. The minimum Gasteiger partial charge on any atom is -0.328 e. The summed E-state index contributed by atoms with van der Waals surface area (Å²) < 4.78 is 23.8. The number of rotatable bonds is 4. The average molecular weight is 282 g/mol. The lowest BCUT2D eigenvalue weighted by Crippen LogP contribution is -2.20. The van der Waals surface area contributed by atoms with Crippen molar-refractivity contribution in [2.24, 2.45) is 5.73 Å². The maximum absolute atomic E-state index is 11.9. The third kappa shape index (κ3) is 3.63. The number of nitrogens with two attached hydrogens (primary N) is 1. The van der Waals surface area contributed by atoms with E-state index >= 15 is 0 Å². The van der Waals surface area contributed by atoms with E-state index in [1.165, 1.54) is 12.1 Å². The highest BCUT2D eigenvalue weighted by atomic mass is 35.5. The molecule has 6 heteroatoms. The average Bonchev–Trinajstić information content (AvgIpc) is 2.19. The number of benzene rings is 1. The van der Waals surface area contributed by atoms with Crippen LogP contribution in [0.5, 0.6) is 0 Å². The molecule has 0 aliphatic heterocycles. The molecule has 3 nitrogen and oxygen atoms in total. The van der Waals surface area contributed by atoms with Gasteiger partial charge >= 0.3 is 0 Å². The predicted molar refractivity (Wildman–Crippen MR) is 66.8 cm³/mol. The normalized spacial score (nSPS) is 13.8. The molecule has 0 saturated heterocycles. The first-order valence-electron chi connectivity index (χ1n) is 4.76. The van der Waals surface area contributed by atoms with Gasteiger partial charge in [-0.15, -0.1) is 0 Å². The molecule has 0 spiro atoms. The summed E-state index contributed by atoms with van der Waals surface area (Å²) in [7, 11) is -3.40. The first-order valence-corrected chi connectivity index (χ1v) is 7.17. The maximum atomic E-state index is 11.9. The lowest BCUT2D eigenvalue weighted by molar-refractivity contribution is 0.587. The van der Waals surface area contributed by atoms with Crippen LogP contribution in [0.25, 0.3) is 0 Å². The van der Waals surface area contributed by atoms with Crippen LogP contribution in [0.2, 0.25) is 10.0 Å². The Morgan fingerprint density at radius 2 is 2.00 bits per heavy atom. The highest BCUT2D eigenvalue weighted by molar-refractivity contribution is 7.91. The third-order valence-electron chi connectivity index (χ3n) is 2.07. The van der Waals surface area contributed by atoms with E-state index in [-0.39, 0.29) is 21.7 Å². The van der Waals surface area contributed by atoms with Gasteiger partial charge in [0.1, 0.15) is 0 Å². The van der Waals surface area contributed by atoms with Crippen molar-refractivity contribution >= 4 is 33.0 Å². The van der Waals surface area contributed by atoms with Gasteiger partial charge in [0, 0.05) is 11.1 Å². The molecule has 0 amide bonds. The molecular weight excluding hydrogens is 269 g/mol. The summed E-state index contributed by atoms with van der Waals surface area (Å²) in [5.74, 6) is -0.0231. The van der Waals surface area contributed by atoms with E-state index in [2.05, 4.69) is 0 Å². The Kier molecular flexibility index (Phi) is 4.62. The Balaban J connectivity index is 3.02. The highest BCUT2D eigenvalue weighted by Crippen LogP contribution is 2.26. The first-order chi connectivity index (χ1) is 7.33. The van der Waals surface area contributed by atoms with Gasteiger partial charge < -0.3 is 5.73 Å². The van der Waals surface area contributed by atoms with E-state index in [1.807, 2.05) is 0 Å². The molecule has 0 bridgehead atoms. The molecule has 0 aliphatic rings. The van der Waals surface area contributed by atoms with Gasteiger partial charge in [0.15, 0.2) is 9.84 Å². The van der Waals surface area contributed by atoms with Gasteiger partial charge in [-0.2, -0.15) is 0 Å². The highest BCUT2D eigenvalue weighted by Gasteiger charge is 2.18. The lowest BCUT2D eigenvalue weighted by atomic mass is 10.3. The fourth-order valence-electron chi connectivity index (χ4n) is 1.17. The van der Waals surface area contributed by atoms with E-state index in [1.54, 1.807) is 13.0 Å². The van der Waals surface area contributed by atoms with Crippen molar-refractivity contribution in [1.29, 1.82) is 0 Å². The molecule has 0 saturated carbocycles. The fourth-order valence-corrected chi connectivity index (χ4v) is 3.45. The summed E-state index contributed by atoms with van der Waals surface area (Å²) in [6.45, 7) is 1.76. The van der Waals surface area contributed by atoms with Crippen LogP contribution in [-0.2, 0) is 9.84 Å². The summed E-state index contributed by atoms with van der Waals surface area (Å²) in [6.07, 6.45) is 0.394. The number of hydrogen-bond donors (Lipinski definition) is 1. The zero-order chi connectivity index (χ0) is 12.3. The Morgan fingerprint density at radius 3 is 2.56 bits per heavy atom. The predicted octanol–water partition coefficient (Wildman–Crippen LogP) is 2.50. The van der Waals surface area contributed by atoms with Crippen LogP contribution in [0.4, 0.5) is 0 Å². The van der Waals surface area contributed by atoms with Gasteiger partial charge in [-0.05, 0) is 31.5 Å². The largest absolute Gasteiger partial charge is 0.328 e. The molecule has 0 aromatic heterocycles. The zero-order valence-corrected chi connectivity index (χ0v) is 11.1. The number of halogens is 2. The van der Waals surface area contributed by atoms with Crippen LogP contribution in [0, 0.1) is 0 Å². The van der Waals surface area contributed by atoms with Crippen LogP contribution >= 0.6 is 23.2 Å². The van der Waals surface area contributed by atoms with Crippen molar-refractivity contribution in [2.75, 3.05) is 5.75 Å². The second-order valence-electron chi connectivity index (χ2n) is 3.66. The molecule has 1 rings (SSSR count). The molecule has 0 aliphatic carbocycles. The lowest BCUT2D eigenvalue weighted by Gasteiger charge is -2.08. The Morgan fingerprint density at radius 1 is 1.38 bits per heavy atom. The van der Waals surface area contributed by atoms with Crippen molar-refractivity contribution in [2.45, 2.75) is 24.3 Å². The van der Waals surface area contributed by atoms with Crippen LogP contribution in [0.3, 0.4) is 0 Å². The molecule has 1 unspecified atom stereocenters. The first kappa shape index (κ1) is 13.8. The maximum Gasteiger partial charge on any atom is 0.179 e. The van der Waals surface area contributed by atoms with Gasteiger partial charge in [0.05, 0.1) is 15.7 Å². The zero-order valence-electron chi connectivity index (χ0n) is 8.78. The Labute approximate surface area is 105 Å². The summed E-state index contributed by atoms with van der Waals surface area (Å²) in [6, 6.07) is 4.23. The number of hydrogen-bond acceptors (Lipinski definition) is 3. The van der Waals surface area contributed by atoms with E-state index in [0.717, 1.165) is 0 Å². The molecule has 0 radical (unpaired) electrons. The van der Waals surface area contributed by atoms with Crippen LogP contribution < -0.4 is 5.73 Å². The quantitative estimate of drug-likeness (QED) is 0.923. The van der Waals surface area contributed by atoms with Crippen molar-refractivity contribution in [3.63, 3.8) is 0 Å². The molecule has 1 atom stereocenters. The third-order valence-corrected chi connectivity index (χ3v) is 4.53. The minimum atomic E-state index is -3.40. The summed E-state index contributed by atoms with van der Waals surface area (Å²) in [5, 5.41) is 0.540. The van der Waals surface area contributed by atoms with E-state index in [9.17, 15) is 8.42 Å². The van der Waals surface area contributed by atoms with E-state index in [0.29, 0.717) is 11.4 Å². The van der Waals surface area contributed by atoms with Crippen LogP contribution in [0.15, 0.2) is 23.1 Å². The van der Waals surface area contributed by atoms with Gasteiger partial charge in [-0.1, -0.05) is 23.2 Å². The topological polar surface area (TPSA) is 60.2 Å². The monoisotopic (exact) mass is 281 g/mol. The van der Waals surface area contributed by atoms with Gasteiger partial charge in [-0.25, -0.2) is 8.42 Å². The summed E-state index contributed by atoms with van der Waals surface area (Å²) >= 11 is 11.6. The summed E-state index contributed by atoms with van der Waals surface area (Å²) in [4.78, 5) is 0.0716. The van der Waals surface area contributed by atoms with Crippen molar-refractivity contribution < 1.29 is 8.42 Å². The van der Waals surface area contributed by atoms with Crippen molar-refractivity contribution in [1.82, 2.24) is 0 Å². The fraction of sp³-hybridized carbons (Fsp3) is 0.400. The number of sulfone groups is 1. The molecule has 1 aromatic rings. The molecule has 90 valence electrons. The molecule has 16 heavy (non-hydrogen) atoms. The molecule has 0 heterocycles. The summed E-state index contributed by atoms with van der Waals surface area (Å²) in [5.41, 5.74) is 5.52. The Bertz CT molecular complexity index is 472. The van der Waals surface area contributed by atoms with E-state index < -0.39 is 9.84 Å². The molecule has 1 aromatic carbocycles. The van der Waals surface area contributed by atoms with Gasteiger partial charge in [-0.3, -0.25) is 0 Å². The second kappa shape index (κ2) is 5.36.